The Hall–Kier alpha value is -2.18. The lowest BCUT2D eigenvalue weighted by Gasteiger charge is -2.35. The highest BCUT2D eigenvalue weighted by molar-refractivity contribution is 5.94. The Balaban J connectivity index is 1.68. The molecule has 24 heavy (non-hydrogen) atoms. The summed E-state index contributed by atoms with van der Waals surface area (Å²) < 4.78 is 1.78. The van der Waals surface area contributed by atoms with E-state index in [9.17, 15) is 9.90 Å². The van der Waals surface area contributed by atoms with E-state index in [-0.39, 0.29) is 12.0 Å². The first-order valence-corrected chi connectivity index (χ1v) is 8.35. The zero-order valence-corrected chi connectivity index (χ0v) is 14.2. The molecule has 6 heteroatoms. The highest BCUT2D eigenvalue weighted by atomic mass is 16.3. The van der Waals surface area contributed by atoms with Crippen molar-refractivity contribution in [3.8, 4) is 5.69 Å². The van der Waals surface area contributed by atoms with Crippen LogP contribution in [0, 0.1) is 6.92 Å². The minimum atomic E-state index is -0.332. The molecule has 1 aliphatic heterocycles. The summed E-state index contributed by atoms with van der Waals surface area (Å²) in [5.74, 6) is 0.0532. The number of aliphatic hydroxyl groups excluding tert-OH is 1. The lowest BCUT2D eigenvalue weighted by atomic mass is 10.1. The highest BCUT2D eigenvalue weighted by Crippen LogP contribution is 2.14. The van der Waals surface area contributed by atoms with Crippen molar-refractivity contribution in [1.82, 2.24) is 19.6 Å². The Kier molecular flexibility index (Phi) is 4.97. The number of aromatic nitrogens is 2. The summed E-state index contributed by atoms with van der Waals surface area (Å²) in [5, 5.41) is 13.9. The number of aliphatic hydroxyl groups is 1. The minimum Gasteiger partial charge on any atom is -0.392 e. The normalized spacial score (nSPS) is 17.0. The van der Waals surface area contributed by atoms with Crippen molar-refractivity contribution in [3.05, 3.63) is 47.8 Å². The Morgan fingerprint density at radius 1 is 1.25 bits per heavy atom. The van der Waals surface area contributed by atoms with Gasteiger partial charge >= 0.3 is 0 Å². The van der Waals surface area contributed by atoms with Crippen LogP contribution in [-0.2, 0) is 0 Å². The van der Waals surface area contributed by atoms with Gasteiger partial charge in [0, 0.05) is 44.5 Å². The minimum absolute atomic E-state index is 0.0532. The largest absolute Gasteiger partial charge is 0.392 e. The van der Waals surface area contributed by atoms with Crippen molar-refractivity contribution in [2.24, 2.45) is 0 Å². The average Bonchev–Trinajstić information content (AvgIpc) is 3.01. The lowest BCUT2D eigenvalue weighted by molar-refractivity contribution is 0.0554. The summed E-state index contributed by atoms with van der Waals surface area (Å²) in [6.07, 6.45) is 1.56. The Labute approximate surface area is 142 Å². The van der Waals surface area contributed by atoms with Crippen LogP contribution < -0.4 is 0 Å². The summed E-state index contributed by atoms with van der Waals surface area (Å²) in [4.78, 5) is 16.8. The molecule has 0 radical (unpaired) electrons. The fourth-order valence-corrected chi connectivity index (χ4v) is 3.03. The van der Waals surface area contributed by atoms with Crippen molar-refractivity contribution in [2.75, 3.05) is 32.7 Å². The molecule has 0 aliphatic carbocycles. The van der Waals surface area contributed by atoms with Crippen molar-refractivity contribution >= 4 is 5.91 Å². The molecule has 1 aromatic heterocycles. The van der Waals surface area contributed by atoms with Gasteiger partial charge < -0.3 is 10.0 Å². The van der Waals surface area contributed by atoms with Gasteiger partial charge in [-0.05, 0) is 38.1 Å². The second-order valence-electron chi connectivity index (χ2n) is 6.39. The maximum Gasteiger partial charge on any atom is 0.254 e. The number of β-amino-alcohol motifs (C(OH)–C–C–N with tert-alkyl or cyclic N) is 1. The van der Waals surface area contributed by atoms with E-state index in [1.165, 1.54) is 0 Å². The van der Waals surface area contributed by atoms with Crippen LogP contribution in [0.4, 0.5) is 0 Å². The Morgan fingerprint density at radius 3 is 2.62 bits per heavy atom. The number of aryl methyl sites for hydroxylation is 1. The van der Waals surface area contributed by atoms with Gasteiger partial charge in [0.1, 0.15) is 0 Å². The van der Waals surface area contributed by atoms with Crippen LogP contribution in [0.2, 0.25) is 0 Å². The first-order valence-electron chi connectivity index (χ1n) is 8.35. The van der Waals surface area contributed by atoms with Crippen molar-refractivity contribution < 1.29 is 9.90 Å². The van der Waals surface area contributed by atoms with E-state index in [1.807, 2.05) is 48.4 Å². The molecule has 1 atom stereocenters. The Bertz CT molecular complexity index is 703. The lowest BCUT2D eigenvalue weighted by Crippen LogP contribution is -2.50. The van der Waals surface area contributed by atoms with Gasteiger partial charge in [0.25, 0.3) is 5.91 Å². The summed E-state index contributed by atoms with van der Waals surface area (Å²) >= 11 is 0. The van der Waals surface area contributed by atoms with Gasteiger partial charge in [-0.25, -0.2) is 4.68 Å². The van der Waals surface area contributed by atoms with Gasteiger partial charge in [0.2, 0.25) is 0 Å². The maximum atomic E-state index is 12.7. The third kappa shape index (κ3) is 3.83. The first-order chi connectivity index (χ1) is 11.5. The average molecular weight is 328 g/mol. The van der Waals surface area contributed by atoms with Gasteiger partial charge in [-0.1, -0.05) is 6.07 Å². The van der Waals surface area contributed by atoms with Crippen LogP contribution >= 0.6 is 0 Å². The standard InChI is InChI=1S/C18H24N4O2/c1-14-6-7-22(19-14)17-5-3-4-16(12-17)18(24)21-10-8-20(9-11-21)13-15(2)23/h3-7,12,15,23H,8-11,13H2,1-2H3/t15-/m0/s1. The molecular formula is C18H24N4O2. The molecule has 1 amide bonds. The van der Waals surface area contributed by atoms with Gasteiger partial charge in [-0.2, -0.15) is 5.10 Å². The molecule has 6 nitrogen and oxygen atoms in total. The number of benzene rings is 1. The number of piperazine rings is 1. The van der Waals surface area contributed by atoms with Crippen molar-refractivity contribution in [3.63, 3.8) is 0 Å². The van der Waals surface area contributed by atoms with Crippen molar-refractivity contribution in [2.45, 2.75) is 20.0 Å². The van der Waals surface area contributed by atoms with E-state index in [0.717, 1.165) is 24.5 Å². The molecule has 1 aliphatic rings. The smallest absolute Gasteiger partial charge is 0.254 e. The molecule has 1 aromatic carbocycles. The molecule has 3 rings (SSSR count). The molecule has 0 saturated carbocycles. The highest BCUT2D eigenvalue weighted by Gasteiger charge is 2.22. The van der Waals surface area contributed by atoms with Gasteiger partial charge in [0.05, 0.1) is 17.5 Å². The third-order valence-electron chi connectivity index (χ3n) is 4.26. The number of amides is 1. The number of nitrogens with zero attached hydrogens (tertiary/aromatic N) is 4. The maximum absolute atomic E-state index is 12.7. The summed E-state index contributed by atoms with van der Waals surface area (Å²) in [6.45, 7) is 7.38. The summed E-state index contributed by atoms with van der Waals surface area (Å²) in [5.41, 5.74) is 2.52. The van der Waals surface area contributed by atoms with E-state index in [4.69, 9.17) is 0 Å². The van der Waals surface area contributed by atoms with E-state index >= 15 is 0 Å². The van der Waals surface area contributed by atoms with Crippen LogP contribution in [-0.4, -0.2) is 69.4 Å². The van der Waals surface area contributed by atoms with Gasteiger partial charge in [-0.15, -0.1) is 0 Å². The van der Waals surface area contributed by atoms with Crippen LogP contribution in [0.25, 0.3) is 5.69 Å². The van der Waals surface area contributed by atoms with Crippen LogP contribution in [0.1, 0.15) is 23.0 Å². The number of rotatable bonds is 4. The second-order valence-corrected chi connectivity index (χ2v) is 6.39. The number of hydrogen-bond donors (Lipinski definition) is 1. The molecule has 1 fully saturated rings. The first kappa shape index (κ1) is 16.7. The quantitative estimate of drug-likeness (QED) is 0.919. The molecule has 2 aromatic rings. The second kappa shape index (κ2) is 7.15. The molecular weight excluding hydrogens is 304 g/mol. The number of carbonyl (C=O) groups is 1. The SMILES string of the molecule is Cc1ccn(-c2cccc(C(=O)N3CCN(C[C@H](C)O)CC3)c2)n1. The molecule has 0 spiro atoms. The number of hydrogen-bond acceptors (Lipinski definition) is 4. The molecule has 1 N–H and O–H groups in total. The molecule has 128 valence electrons. The Morgan fingerprint density at radius 2 is 2.00 bits per heavy atom. The van der Waals surface area contributed by atoms with Crippen LogP contribution in [0.5, 0.6) is 0 Å². The van der Waals surface area contributed by atoms with E-state index in [1.54, 1.807) is 11.6 Å². The topological polar surface area (TPSA) is 61.6 Å². The summed E-state index contributed by atoms with van der Waals surface area (Å²) in [6, 6.07) is 9.52. The molecule has 0 unspecified atom stereocenters. The van der Waals surface area contributed by atoms with E-state index in [0.29, 0.717) is 25.2 Å². The monoisotopic (exact) mass is 328 g/mol. The van der Waals surface area contributed by atoms with E-state index < -0.39 is 0 Å². The molecule has 0 bridgehead atoms. The predicted octanol–water partition coefficient (Wildman–Crippen LogP) is 1.32. The number of carbonyl (C=O) groups excluding carboxylic acids is 1. The zero-order valence-electron chi connectivity index (χ0n) is 14.2. The molecule has 2 heterocycles. The fraction of sp³-hybridized carbons (Fsp3) is 0.444. The van der Waals surface area contributed by atoms with Crippen LogP contribution in [0.15, 0.2) is 36.5 Å². The molecule has 1 saturated heterocycles. The van der Waals surface area contributed by atoms with Crippen LogP contribution in [0.3, 0.4) is 0 Å². The zero-order chi connectivity index (χ0) is 17.1. The predicted molar refractivity (Wildman–Crippen MR) is 92.3 cm³/mol. The third-order valence-corrected chi connectivity index (χ3v) is 4.26. The summed E-state index contributed by atoms with van der Waals surface area (Å²) in [7, 11) is 0. The van der Waals surface area contributed by atoms with E-state index in [2.05, 4.69) is 10.00 Å². The van der Waals surface area contributed by atoms with Crippen molar-refractivity contribution in [1.29, 1.82) is 0 Å². The fourth-order valence-electron chi connectivity index (χ4n) is 3.03. The van der Waals surface area contributed by atoms with Gasteiger partial charge in [0.15, 0.2) is 0 Å². The van der Waals surface area contributed by atoms with Gasteiger partial charge in [-0.3, -0.25) is 9.69 Å².